The molecular formula is C20H22ClN3O. The van der Waals surface area contributed by atoms with Gasteiger partial charge in [-0.05, 0) is 36.2 Å². The van der Waals surface area contributed by atoms with Crippen molar-refractivity contribution in [3.63, 3.8) is 0 Å². The Balaban J connectivity index is 1.85. The van der Waals surface area contributed by atoms with Crippen molar-refractivity contribution >= 4 is 28.5 Å². The van der Waals surface area contributed by atoms with Gasteiger partial charge in [-0.3, -0.25) is 4.79 Å². The first-order valence-corrected chi connectivity index (χ1v) is 9.00. The first-order valence-electron chi connectivity index (χ1n) is 8.62. The van der Waals surface area contributed by atoms with E-state index < -0.39 is 0 Å². The summed E-state index contributed by atoms with van der Waals surface area (Å²) >= 11 is 6.10. The highest BCUT2D eigenvalue weighted by Crippen LogP contribution is 2.20. The summed E-state index contributed by atoms with van der Waals surface area (Å²) in [6.45, 7) is 3.39. The average molecular weight is 356 g/mol. The number of carbonyl (C=O) groups is 1. The molecule has 0 bridgehead atoms. The Morgan fingerprint density at radius 2 is 2.04 bits per heavy atom. The minimum Gasteiger partial charge on any atom is -0.356 e. The zero-order valence-electron chi connectivity index (χ0n) is 14.3. The molecule has 0 unspecified atom stereocenters. The van der Waals surface area contributed by atoms with Gasteiger partial charge in [-0.2, -0.15) is 0 Å². The number of rotatable bonds is 7. The Morgan fingerprint density at radius 1 is 1.20 bits per heavy atom. The van der Waals surface area contributed by atoms with E-state index in [1.54, 1.807) is 0 Å². The topological polar surface area (TPSA) is 46.9 Å². The van der Waals surface area contributed by atoms with Crippen LogP contribution in [0.25, 0.3) is 11.0 Å². The van der Waals surface area contributed by atoms with Gasteiger partial charge in [0.2, 0.25) is 5.91 Å². The van der Waals surface area contributed by atoms with Crippen LogP contribution in [0.15, 0.2) is 48.5 Å². The normalized spacial score (nSPS) is 11.0. The van der Waals surface area contributed by atoms with Crippen molar-refractivity contribution in [3.05, 3.63) is 64.9 Å². The summed E-state index contributed by atoms with van der Waals surface area (Å²) < 4.78 is 2.14. The van der Waals surface area contributed by atoms with Gasteiger partial charge in [0, 0.05) is 31.0 Å². The Bertz CT molecular complexity index is 872. The first kappa shape index (κ1) is 17.5. The number of fused-ring (bicyclic) bond motifs is 1. The molecule has 2 aromatic carbocycles. The number of benzene rings is 2. The lowest BCUT2D eigenvalue weighted by Crippen LogP contribution is -2.25. The van der Waals surface area contributed by atoms with E-state index in [4.69, 9.17) is 16.6 Å². The molecule has 0 saturated carbocycles. The fraction of sp³-hybridized carbons (Fsp3) is 0.300. The minimum absolute atomic E-state index is 0.0772. The molecule has 0 aliphatic carbocycles. The molecule has 3 aromatic rings. The standard InChI is InChI=1S/C20H22ClN3O/c1-2-11-22-20(25)10-12-24-18-9-4-3-8-17(18)23-19(24)14-15-6-5-7-16(21)13-15/h3-9,13H,2,10-12,14H2,1H3,(H,22,25). The van der Waals surface area contributed by atoms with E-state index in [1.165, 1.54) is 0 Å². The SMILES string of the molecule is CCCNC(=O)CCn1c(Cc2cccc(Cl)c2)nc2ccccc21. The van der Waals surface area contributed by atoms with Crippen molar-refractivity contribution in [2.45, 2.75) is 32.7 Å². The van der Waals surface area contributed by atoms with Crippen LogP contribution in [0.2, 0.25) is 5.02 Å². The van der Waals surface area contributed by atoms with E-state index in [0.717, 1.165) is 40.4 Å². The molecule has 1 amide bonds. The average Bonchev–Trinajstić information content (AvgIpc) is 2.95. The highest BCUT2D eigenvalue weighted by molar-refractivity contribution is 6.30. The minimum atomic E-state index is 0.0772. The quantitative estimate of drug-likeness (QED) is 0.690. The smallest absolute Gasteiger partial charge is 0.221 e. The molecule has 0 saturated heterocycles. The van der Waals surface area contributed by atoms with Gasteiger partial charge in [-0.15, -0.1) is 0 Å². The summed E-state index contributed by atoms with van der Waals surface area (Å²) in [5.41, 5.74) is 3.12. The predicted molar refractivity (Wildman–Crippen MR) is 102 cm³/mol. The number of para-hydroxylation sites is 2. The van der Waals surface area contributed by atoms with Crippen molar-refractivity contribution in [1.82, 2.24) is 14.9 Å². The molecule has 1 heterocycles. The van der Waals surface area contributed by atoms with Crippen LogP contribution in [0.5, 0.6) is 0 Å². The van der Waals surface area contributed by atoms with Crippen molar-refractivity contribution in [1.29, 1.82) is 0 Å². The van der Waals surface area contributed by atoms with Gasteiger partial charge in [0.25, 0.3) is 0 Å². The third-order valence-electron chi connectivity index (χ3n) is 4.12. The van der Waals surface area contributed by atoms with E-state index in [9.17, 15) is 4.79 Å². The van der Waals surface area contributed by atoms with Crippen molar-refractivity contribution in [2.24, 2.45) is 0 Å². The molecular weight excluding hydrogens is 334 g/mol. The zero-order valence-corrected chi connectivity index (χ0v) is 15.1. The fourth-order valence-electron chi connectivity index (χ4n) is 2.91. The van der Waals surface area contributed by atoms with E-state index in [2.05, 4.69) is 9.88 Å². The summed E-state index contributed by atoms with van der Waals surface area (Å²) in [6, 6.07) is 15.9. The number of imidazole rings is 1. The maximum atomic E-state index is 12.0. The summed E-state index contributed by atoms with van der Waals surface area (Å²) in [4.78, 5) is 16.8. The molecule has 0 atom stereocenters. The Morgan fingerprint density at radius 3 is 2.84 bits per heavy atom. The molecule has 0 fully saturated rings. The zero-order chi connectivity index (χ0) is 17.6. The fourth-order valence-corrected chi connectivity index (χ4v) is 3.12. The van der Waals surface area contributed by atoms with Crippen LogP contribution in [0.3, 0.4) is 0 Å². The number of hydrogen-bond acceptors (Lipinski definition) is 2. The highest BCUT2D eigenvalue weighted by Gasteiger charge is 2.12. The second kappa shape index (κ2) is 8.17. The molecule has 0 radical (unpaired) electrons. The number of nitrogens with one attached hydrogen (secondary N) is 1. The van der Waals surface area contributed by atoms with E-state index in [1.807, 2.05) is 55.5 Å². The van der Waals surface area contributed by atoms with Crippen molar-refractivity contribution < 1.29 is 4.79 Å². The molecule has 1 aromatic heterocycles. The van der Waals surface area contributed by atoms with Gasteiger partial charge < -0.3 is 9.88 Å². The van der Waals surface area contributed by atoms with Gasteiger partial charge in [0.1, 0.15) is 5.82 Å². The molecule has 130 valence electrons. The van der Waals surface area contributed by atoms with E-state index in [0.29, 0.717) is 19.4 Å². The Kier molecular flexibility index (Phi) is 5.71. The summed E-state index contributed by atoms with van der Waals surface area (Å²) in [5.74, 6) is 1.03. The molecule has 1 N–H and O–H groups in total. The highest BCUT2D eigenvalue weighted by atomic mass is 35.5. The maximum Gasteiger partial charge on any atom is 0.221 e. The largest absolute Gasteiger partial charge is 0.356 e. The molecule has 25 heavy (non-hydrogen) atoms. The summed E-state index contributed by atoms with van der Waals surface area (Å²) in [5, 5.41) is 3.65. The van der Waals surface area contributed by atoms with Gasteiger partial charge in [0.15, 0.2) is 0 Å². The molecule has 0 aliphatic heterocycles. The van der Waals surface area contributed by atoms with E-state index >= 15 is 0 Å². The van der Waals surface area contributed by atoms with Crippen LogP contribution in [-0.2, 0) is 17.8 Å². The van der Waals surface area contributed by atoms with Crippen LogP contribution in [0.1, 0.15) is 31.2 Å². The Hall–Kier alpha value is -2.33. The molecule has 0 spiro atoms. The monoisotopic (exact) mass is 355 g/mol. The number of amides is 1. The predicted octanol–water partition coefficient (Wildman–Crippen LogP) is 4.20. The van der Waals surface area contributed by atoms with Crippen molar-refractivity contribution in [3.8, 4) is 0 Å². The van der Waals surface area contributed by atoms with Crippen LogP contribution in [-0.4, -0.2) is 22.0 Å². The number of halogens is 1. The second-order valence-electron chi connectivity index (χ2n) is 6.08. The lowest BCUT2D eigenvalue weighted by Gasteiger charge is -2.10. The number of hydrogen-bond donors (Lipinski definition) is 1. The van der Waals surface area contributed by atoms with Gasteiger partial charge in [0.05, 0.1) is 11.0 Å². The van der Waals surface area contributed by atoms with E-state index in [-0.39, 0.29) is 5.91 Å². The lowest BCUT2D eigenvalue weighted by atomic mass is 10.1. The third-order valence-corrected chi connectivity index (χ3v) is 4.35. The molecule has 5 heteroatoms. The third kappa shape index (κ3) is 4.40. The van der Waals surface area contributed by atoms with Crippen LogP contribution >= 0.6 is 11.6 Å². The van der Waals surface area contributed by atoms with Crippen molar-refractivity contribution in [2.75, 3.05) is 6.54 Å². The molecule has 3 rings (SSSR count). The number of aryl methyl sites for hydroxylation is 1. The second-order valence-corrected chi connectivity index (χ2v) is 6.51. The maximum absolute atomic E-state index is 12.0. The van der Waals surface area contributed by atoms with Gasteiger partial charge in [-0.25, -0.2) is 4.98 Å². The number of aromatic nitrogens is 2. The van der Waals surface area contributed by atoms with Crippen LogP contribution in [0.4, 0.5) is 0 Å². The Labute approximate surface area is 152 Å². The van der Waals surface area contributed by atoms with Gasteiger partial charge >= 0.3 is 0 Å². The van der Waals surface area contributed by atoms with Crippen LogP contribution < -0.4 is 5.32 Å². The molecule has 4 nitrogen and oxygen atoms in total. The van der Waals surface area contributed by atoms with Crippen LogP contribution in [0, 0.1) is 0 Å². The number of carbonyl (C=O) groups excluding carboxylic acids is 1. The summed E-state index contributed by atoms with van der Waals surface area (Å²) in [6.07, 6.45) is 2.08. The molecule has 0 aliphatic rings. The number of nitrogens with zero attached hydrogens (tertiary/aromatic N) is 2. The lowest BCUT2D eigenvalue weighted by molar-refractivity contribution is -0.121. The first-order chi connectivity index (χ1) is 12.2. The summed E-state index contributed by atoms with van der Waals surface area (Å²) in [7, 11) is 0. The van der Waals surface area contributed by atoms with Gasteiger partial charge in [-0.1, -0.05) is 42.8 Å².